The Morgan fingerprint density at radius 2 is 2.11 bits per heavy atom. The fourth-order valence-corrected chi connectivity index (χ4v) is 3.28. The van der Waals surface area contributed by atoms with Gasteiger partial charge in [0.05, 0.1) is 11.5 Å². The van der Waals surface area contributed by atoms with Crippen LogP contribution in [0, 0.1) is 0 Å². The number of amides is 1. The number of hydrogen-bond acceptors (Lipinski definition) is 5. The second kappa shape index (κ2) is 7.08. The van der Waals surface area contributed by atoms with Gasteiger partial charge >= 0.3 is 5.97 Å². The Hall–Kier alpha value is -1.63. The van der Waals surface area contributed by atoms with Gasteiger partial charge in [0.1, 0.15) is 0 Å². The third kappa shape index (κ3) is 6.19. The molecule has 0 unspecified atom stereocenters. The lowest BCUT2D eigenvalue weighted by molar-refractivity contribution is -0.144. The van der Waals surface area contributed by atoms with Crippen molar-refractivity contribution in [2.45, 2.75) is 19.4 Å². The Balaban J connectivity index is 2.27. The third-order valence-electron chi connectivity index (χ3n) is 2.48. The summed E-state index contributed by atoms with van der Waals surface area (Å²) in [6.45, 7) is 1.40. The third-order valence-corrected chi connectivity index (χ3v) is 4.25. The number of sulfone groups is 1. The molecule has 0 aromatic carbocycles. The van der Waals surface area contributed by atoms with Crippen molar-refractivity contribution in [2.24, 2.45) is 0 Å². The maximum absolute atomic E-state index is 11.4. The molecule has 19 heavy (non-hydrogen) atoms. The van der Waals surface area contributed by atoms with Crippen molar-refractivity contribution in [3.63, 3.8) is 0 Å². The van der Waals surface area contributed by atoms with Gasteiger partial charge in [-0.2, -0.15) is 0 Å². The maximum atomic E-state index is 11.4. The topological polar surface area (TPSA) is 89.5 Å². The highest BCUT2D eigenvalue weighted by molar-refractivity contribution is 7.91. The van der Waals surface area contributed by atoms with Gasteiger partial charge in [-0.05, 0) is 13.3 Å². The number of hydrogen-bond donors (Lipinski definition) is 1. The lowest BCUT2D eigenvalue weighted by Crippen LogP contribution is -2.38. The van der Waals surface area contributed by atoms with E-state index >= 15 is 0 Å². The first-order valence-corrected chi connectivity index (χ1v) is 7.71. The molecule has 1 fully saturated rings. The fourth-order valence-electron chi connectivity index (χ4n) is 1.61. The van der Waals surface area contributed by atoms with Crippen LogP contribution in [0.4, 0.5) is 0 Å². The number of carbonyl (C=O) groups is 2. The summed E-state index contributed by atoms with van der Waals surface area (Å²) in [4.78, 5) is 22.6. The molecule has 1 amide bonds. The average Bonchev–Trinajstić information content (AvgIpc) is 2.66. The van der Waals surface area contributed by atoms with Crippen LogP contribution in [-0.2, 0) is 24.2 Å². The predicted octanol–water partition coefficient (Wildman–Crippen LogP) is -0.0348. The van der Waals surface area contributed by atoms with Crippen molar-refractivity contribution < 1.29 is 22.7 Å². The molecule has 1 aliphatic rings. The molecule has 0 radical (unpaired) electrons. The van der Waals surface area contributed by atoms with E-state index in [2.05, 4.69) is 5.32 Å². The predicted molar refractivity (Wildman–Crippen MR) is 70.1 cm³/mol. The van der Waals surface area contributed by atoms with Crippen LogP contribution < -0.4 is 5.32 Å². The molecule has 1 aliphatic heterocycles. The Kier molecular flexibility index (Phi) is 5.75. The molecule has 1 rings (SSSR count). The van der Waals surface area contributed by atoms with Crippen LogP contribution in [0.2, 0.25) is 0 Å². The molecule has 106 valence electrons. The Bertz CT molecular complexity index is 492. The van der Waals surface area contributed by atoms with Gasteiger partial charge in [0.25, 0.3) is 5.91 Å². The summed E-state index contributed by atoms with van der Waals surface area (Å²) in [6.07, 6.45) is 6.52. The van der Waals surface area contributed by atoms with Crippen LogP contribution in [0.3, 0.4) is 0 Å². The minimum Gasteiger partial charge on any atom is -0.452 e. The van der Waals surface area contributed by atoms with E-state index in [1.165, 1.54) is 12.2 Å². The molecule has 0 saturated carbocycles. The molecule has 0 aromatic rings. The molecular weight excluding hydrogens is 270 g/mol. The van der Waals surface area contributed by atoms with Crippen LogP contribution in [0.5, 0.6) is 0 Å². The largest absolute Gasteiger partial charge is 0.452 e. The molecule has 0 bridgehead atoms. The number of carbonyl (C=O) groups excluding carboxylic acids is 2. The van der Waals surface area contributed by atoms with E-state index in [0.29, 0.717) is 6.42 Å². The standard InChI is InChI=1S/C12H17NO5S/c1-2-3-4-5-12(15)18-8-11(14)13-10-6-7-19(16,17)9-10/h2-5,10H,6-9H2,1H3,(H,13,14)/b3-2+,5-4+/t10-/m1/s1. The smallest absolute Gasteiger partial charge is 0.331 e. The molecule has 0 spiro atoms. The molecule has 1 heterocycles. The molecule has 0 aromatic heterocycles. The average molecular weight is 287 g/mol. The summed E-state index contributed by atoms with van der Waals surface area (Å²) in [5.41, 5.74) is 0. The molecule has 6 nitrogen and oxygen atoms in total. The SMILES string of the molecule is C/C=C/C=C/C(=O)OCC(=O)N[C@@H]1CCS(=O)(=O)C1. The molecule has 1 atom stereocenters. The minimum absolute atomic E-state index is 0.0477. The summed E-state index contributed by atoms with van der Waals surface area (Å²) < 4.78 is 27.1. The summed E-state index contributed by atoms with van der Waals surface area (Å²) >= 11 is 0. The highest BCUT2D eigenvalue weighted by Gasteiger charge is 2.28. The number of allylic oxidation sites excluding steroid dienone is 3. The Morgan fingerprint density at radius 3 is 2.68 bits per heavy atom. The van der Waals surface area contributed by atoms with Gasteiger partial charge < -0.3 is 10.1 Å². The maximum Gasteiger partial charge on any atom is 0.331 e. The Labute approximate surface area is 112 Å². The number of nitrogens with one attached hydrogen (secondary N) is 1. The number of ether oxygens (including phenoxy) is 1. The zero-order valence-electron chi connectivity index (χ0n) is 10.7. The van der Waals surface area contributed by atoms with Crippen LogP contribution in [0.15, 0.2) is 24.3 Å². The van der Waals surface area contributed by atoms with Gasteiger partial charge in [0.15, 0.2) is 16.4 Å². The number of esters is 1. The lowest BCUT2D eigenvalue weighted by Gasteiger charge is -2.10. The van der Waals surface area contributed by atoms with Crippen molar-refractivity contribution in [2.75, 3.05) is 18.1 Å². The second-order valence-corrected chi connectivity index (χ2v) is 6.39. The Morgan fingerprint density at radius 1 is 1.37 bits per heavy atom. The molecule has 1 N–H and O–H groups in total. The van der Waals surface area contributed by atoms with E-state index in [0.717, 1.165) is 0 Å². The molecule has 1 saturated heterocycles. The number of rotatable bonds is 5. The van der Waals surface area contributed by atoms with Crippen LogP contribution in [-0.4, -0.2) is 44.4 Å². The summed E-state index contributed by atoms with van der Waals surface area (Å²) in [7, 11) is -3.03. The lowest BCUT2D eigenvalue weighted by atomic mass is 10.2. The van der Waals surface area contributed by atoms with E-state index in [1.807, 2.05) is 0 Å². The van der Waals surface area contributed by atoms with E-state index < -0.39 is 28.3 Å². The van der Waals surface area contributed by atoms with Crippen molar-refractivity contribution in [3.05, 3.63) is 24.3 Å². The highest BCUT2D eigenvalue weighted by Crippen LogP contribution is 2.10. The first kappa shape index (κ1) is 15.4. The van der Waals surface area contributed by atoms with E-state index in [4.69, 9.17) is 4.74 Å². The first-order chi connectivity index (χ1) is 8.93. The van der Waals surface area contributed by atoms with Gasteiger partial charge in [0, 0.05) is 12.1 Å². The molecular formula is C12H17NO5S. The van der Waals surface area contributed by atoms with Crippen molar-refractivity contribution in [1.82, 2.24) is 5.32 Å². The summed E-state index contributed by atoms with van der Waals surface area (Å²) in [5.74, 6) is -1.07. The normalized spacial score (nSPS) is 21.8. The van der Waals surface area contributed by atoms with Crippen LogP contribution >= 0.6 is 0 Å². The van der Waals surface area contributed by atoms with E-state index in [-0.39, 0.29) is 17.5 Å². The summed E-state index contributed by atoms with van der Waals surface area (Å²) in [6, 6.07) is -0.380. The van der Waals surface area contributed by atoms with Crippen LogP contribution in [0.25, 0.3) is 0 Å². The van der Waals surface area contributed by atoms with E-state index in [1.54, 1.807) is 19.1 Å². The molecule has 0 aliphatic carbocycles. The van der Waals surface area contributed by atoms with Crippen molar-refractivity contribution in [1.29, 1.82) is 0 Å². The van der Waals surface area contributed by atoms with Crippen LogP contribution in [0.1, 0.15) is 13.3 Å². The first-order valence-electron chi connectivity index (χ1n) is 5.89. The van der Waals surface area contributed by atoms with Crippen molar-refractivity contribution >= 4 is 21.7 Å². The van der Waals surface area contributed by atoms with Gasteiger partial charge in [-0.15, -0.1) is 0 Å². The zero-order valence-corrected chi connectivity index (χ0v) is 11.5. The second-order valence-electron chi connectivity index (χ2n) is 4.16. The minimum atomic E-state index is -3.03. The summed E-state index contributed by atoms with van der Waals surface area (Å²) in [5, 5.41) is 2.52. The monoisotopic (exact) mass is 287 g/mol. The van der Waals surface area contributed by atoms with Gasteiger partial charge in [-0.3, -0.25) is 4.79 Å². The zero-order chi connectivity index (χ0) is 14.3. The van der Waals surface area contributed by atoms with E-state index in [9.17, 15) is 18.0 Å². The molecule has 7 heteroatoms. The van der Waals surface area contributed by atoms with Gasteiger partial charge in [0.2, 0.25) is 0 Å². The van der Waals surface area contributed by atoms with Crippen molar-refractivity contribution in [3.8, 4) is 0 Å². The van der Waals surface area contributed by atoms with Gasteiger partial charge in [-0.25, -0.2) is 13.2 Å². The highest BCUT2D eigenvalue weighted by atomic mass is 32.2. The van der Waals surface area contributed by atoms with Gasteiger partial charge in [-0.1, -0.05) is 18.2 Å². The fraction of sp³-hybridized carbons (Fsp3) is 0.500. The quantitative estimate of drug-likeness (QED) is 0.435.